The summed E-state index contributed by atoms with van der Waals surface area (Å²) in [5.41, 5.74) is 4.85. The molecule has 204 valence electrons. The lowest BCUT2D eigenvalue weighted by Gasteiger charge is -2.34. The zero-order valence-electron chi connectivity index (χ0n) is 22.8. The van der Waals surface area contributed by atoms with Gasteiger partial charge in [-0.1, -0.05) is 23.7 Å². The number of halogens is 1. The summed E-state index contributed by atoms with van der Waals surface area (Å²) in [6, 6.07) is 20.2. The van der Waals surface area contributed by atoms with Gasteiger partial charge in [0.15, 0.2) is 0 Å². The largest absolute Gasteiger partial charge is 0.369 e. The quantitative estimate of drug-likeness (QED) is 0.246. The number of aromatic nitrogens is 3. The maximum atomic E-state index is 13.6. The van der Waals surface area contributed by atoms with Crippen molar-refractivity contribution < 1.29 is 0 Å². The molecule has 0 bridgehead atoms. The molecule has 1 saturated heterocycles. The summed E-state index contributed by atoms with van der Waals surface area (Å²) in [5, 5.41) is 4.62. The summed E-state index contributed by atoms with van der Waals surface area (Å²) in [4.78, 5) is 30.0. The van der Waals surface area contributed by atoms with E-state index in [0.29, 0.717) is 34.3 Å². The molecule has 3 aromatic heterocycles. The first-order chi connectivity index (χ1) is 19.4. The van der Waals surface area contributed by atoms with Gasteiger partial charge in [0.05, 0.1) is 0 Å². The fourth-order valence-electron chi connectivity index (χ4n) is 5.13. The number of hydrogen-bond donors (Lipinski definition) is 1. The minimum absolute atomic E-state index is 0.127. The smallest absolute Gasteiger partial charge is 0.260 e. The van der Waals surface area contributed by atoms with E-state index < -0.39 is 0 Å². The van der Waals surface area contributed by atoms with Crippen LogP contribution in [0.4, 0.5) is 17.3 Å². The third-order valence-electron chi connectivity index (χ3n) is 7.42. The van der Waals surface area contributed by atoms with Crippen molar-refractivity contribution >= 4 is 51.3 Å². The van der Waals surface area contributed by atoms with Crippen molar-refractivity contribution in [1.82, 2.24) is 19.4 Å². The van der Waals surface area contributed by atoms with Gasteiger partial charge in [-0.2, -0.15) is 4.98 Å². The molecule has 9 heteroatoms. The number of hydrogen-bond acceptors (Lipinski definition) is 7. The minimum atomic E-state index is -0.127. The molecule has 0 aliphatic carbocycles. The van der Waals surface area contributed by atoms with Crippen LogP contribution in [0.25, 0.3) is 32.6 Å². The second-order valence-electron chi connectivity index (χ2n) is 10.1. The highest BCUT2D eigenvalue weighted by atomic mass is 35.5. The van der Waals surface area contributed by atoms with Crippen LogP contribution < -0.4 is 15.8 Å². The van der Waals surface area contributed by atoms with Gasteiger partial charge in [-0.3, -0.25) is 9.36 Å². The van der Waals surface area contributed by atoms with Crippen molar-refractivity contribution in [2.75, 3.05) is 43.4 Å². The Kier molecular flexibility index (Phi) is 7.31. The molecule has 6 rings (SSSR count). The third kappa shape index (κ3) is 5.22. The van der Waals surface area contributed by atoms with Crippen molar-refractivity contribution in [3.8, 4) is 21.6 Å². The average Bonchev–Trinajstić information content (AvgIpc) is 3.40. The lowest BCUT2D eigenvalue weighted by atomic mass is 10.0. The molecule has 5 aromatic rings. The minimum Gasteiger partial charge on any atom is -0.369 e. The highest BCUT2D eigenvalue weighted by Gasteiger charge is 2.17. The van der Waals surface area contributed by atoms with E-state index >= 15 is 0 Å². The number of fused-ring (bicyclic) bond motifs is 1. The van der Waals surface area contributed by atoms with E-state index in [1.54, 1.807) is 22.1 Å². The van der Waals surface area contributed by atoms with E-state index in [1.165, 1.54) is 10.6 Å². The molecule has 2 aromatic carbocycles. The predicted octanol–water partition coefficient (Wildman–Crippen LogP) is 6.66. The molecule has 0 atom stereocenters. The first-order valence-corrected chi connectivity index (χ1v) is 14.7. The highest BCUT2D eigenvalue weighted by Crippen LogP contribution is 2.34. The number of likely N-dealkylation sites (N-methyl/N-ethyl adjacent to an activating group) is 1. The Balaban J connectivity index is 1.28. The summed E-state index contributed by atoms with van der Waals surface area (Å²) >= 11 is 8.45. The van der Waals surface area contributed by atoms with Crippen LogP contribution in [0.1, 0.15) is 11.8 Å². The zero-order valence-corrected chi connectivity index (χ0v) is 24.4. The van der Waals surface area contributed by atoms with Crippen molar-refractivity contribution in [2.24, 2.45) is 0 Å². The van der Waals surface area contributed by atoms with Crippen molar-refractivity contribution in [3.05, 3.63) is 87.1 Å². The highest BCUT2D eigenvalue weighted by molar-refractivity contribution is 7.15. The molecule has 1 aliphatic rings. The molecule has 40 heavy (non-hydrogen) atoms. The zero-order chi connectivity index (χ0) is 27.8. The molecule has 0 radical (unpaired) electrons. The Morgan fingerprint density at radius 3 is 2.42 bits per heavy atom. The van der Waals surface area contributed by atoms with Crippen molar-refractivity contribution in [2.45, 2.75) is 20.4 Å². The summed E-state index contributed by atoms with van der Waals surface area (Å²) in [6.45, 7) is 8.69. The molecule has 0 amide bonds. The van der Waals surface area contributed by atoms with Gasteiger partial charge in [-0.05, 0) is 75.0 Å². The van der Waals surface area contributed by atoms with Crippen LogP contribution in [0, 0.1) is 6.92 Å². The van der Waals surface area contributed by atoms with Gasteiger partial charge < -0.3 is 15.1 Å². The van der Waals surface area contributed by atoms with E-state index in [2.05, 4.69) is 58.3 Å². The van der Waals surface area contributed by atoms with Gasteiger partial charge in [0, 0.05) is 81.6 Å². The molecule has 1 fully saturated rings. The number of nitrogens with one attached hydrogen (secondary N) is 1. The lowest BCUT2D eigenvalue weighted by Crippen LogP contribution is -2.44. The second kappa shape index (κ2) is 11.0. The Bertz CT molecular complexity index is 1740. The van der Waals surface area contributed by atoms with Crippen LogP contribution in [0.15, 0.2) is 71.7 Å². The molecular formula is C31H31ClN6OS. The topological polar surface area (TPSA) is 66.3 Å². The number of benzene rings is 2. The van der Waals surface area contributed by atoms with Crippen LogP contribution >= 0.6 is 22.9 Å². The molecule has 1 aliphatic heterocycles. The lowest BCUT2D eigenvalue weighted by molar-refractivity contribution is 0.313. The number of thiophene rings is 1. The van der Waals surface area contributed by atoms with Gasteiger partial charge in [0.25, 0.3) is 5.56 Å². The molecular weight excluding hydrogens is 540 g/mol. The van der Waals surface area contributed by atoms with E-state index in [9.17, 15) is 4.79 Å². The maximum Gasteiger partial charge on any atom is 0.260 e. The van der Waals surface area contributed by atoms with E-state index in [1.807, 2.05) is 43.3 Å². The normalized spacial score (nSPS) is 14.2. The Morgan fingerprint density at radius 1 is 0.975 bits per heavy atom. The number of nitrogens with zero attached hydrogens (tertiary/aromatic N) is 5. The van der Waals surface area contributed by atoms with Crippen LogP contribution in [-0.2, 0) is 6.54 Å². The van der Waals surface area contributed by atoms with E-state index in [4.69, 9.17) is 16.6 Å². The van der Waals surface area contributed by atoms with Crippen molar-refractivity contribution in [3.63, 3.8) is 0 Å². The summed E-state index contributed by atoms with van der Waals surface area (Å²) in [5.74, 6) is 0.447. The molecule has 0 spiro atoms. The van der Waals surface area contributed by atoms with Crippen LogP contribution in [0.5, 0.6) is 0 Å². The van der Waals surface area contributed by atoms with Gasteiger partial charge in [0.2, 0.25) is 5.95 Å². The molecule has 0 saturated carbocycles. The number of anilines is 3. The fourth-order valence-corrected chi connectivity index (χ4v) is 6.28. The molecule has 7 nitrogen and oxygen atoms in total. The number of rotatable bonds is 6. The maximum absolute atomic E-state index is 13.6. The standard InChI is InChI=1S/C31H31ClN6OS/c1-4-38-29-22(17-26(30(38)39)25-11-6-21(18-27(25)32)28-12-5-20(2)40-28)19-33-31(35-29)34-23-7-9-24(10-8-23)37-15-13-36(3)14-16-37/h5-12,17-19H,4,13-16H2,1-3H3,(H,33,34,35). The Labute approximate surface area is 242 Å². The summed E-state index contributed by atoms with van der Waals surface area (Å²) in [7, 11) is 2.16. The van der Waals surface area contributed by atoms with E-state index in [-0.39, 0.29) is 5.56 Å². The van der Waals surface area contributed by atoms with E-state index in [0.717, 1.165) is 47.7 Å². The summed E-state index contributed by atoms with van der Waals surface area (Å²) in [6.07, 6.45) is 1.76. The van der Waals surface area contributed by atoms with Gasteiger partial charge in [-0.15, -0.1) is 11.3 Å². The average molecular weight is 571 g/mol. The first-order valence-electron chi connectivity index (χ1n) is 13.5. The van der Waals surface area contributed by atoms with Gasteiger partial charge >= 0.3 is 0 Å². The Hall–Kier alpha value is -3.72. The fraction of sp³-hybridized carbons (Fsp3) is 0.258. The first kappa shape index (κ1) is 26.5. The second-order valence-corrected chi connectivity index (χ2v) is 11.8. The molecule has 0 unspecified atom stereocenters. The van der Waals surface area contributed by atoms with Crippen molar-refractivity contribution in [1.29, 1.82) is 0 Å². The SMILES string of the molecule is CCn1c(=O)c(-c2ccc(-c3ccc(C)s3)cc2Cl)cc2cnc(Nc3ccc(N4CCN(C)CC4)cc3)nc21. The molecule has 4 heterocycles. The van der Waals surface area contributed by atoms with Crippen LogP contribution in [-0.4, -0.2) is 52.7 Å². The number of pyridine rings is 1. The number of piperazine rings is 1. The Morgan fingerprint density at radius 2 is 1.75 bits per heavy atom. The molecule has 1 N–H and O–H groups in total. The third-order valence-corrected chi connectivity index (χ3v) is 8.78. The summed E-state index contributed by atoms with van der Waals surface area (Å²) < 4.78 is 1.68. The predicted molar refractivity (Wildman–Crippen MR) is 167 cm³/mol. The van der Waals surface area contributed by atoms with Crippen LogP contribution in [0.3, 0.4) is 0 Å². The van der Waals surface area contributed by atoms with Gasteiger partial charge in [-0.25, -0.2) is 4.98 Å². The monoisotopic (exact) mass is 570 g/mol. The number of aryl methyl sites for hydroxylation is 2. The van der Waals surface area contributed by atoms with Crippen LogP contribution in [0.2, 0.25) is 5.02 Å². The van der Waals surface area contributed by atoms with Gasteiger partial charge in [0.1, 0.15) is 5.65 Å².